The lowest BCUT2D eigenvalue weighted by atomic mass is 9.86. The molecule has 1 fully saturated rings. The van der Waals surface area contributed by atoms with E-state index in [0.29, 0.717) is 0 Å². The van der Waals surface area contributed by atoms with E-state index in [-0.39, 0.29) is 11.3 Å². The Balaban J connectivity index is 1.50. The van der Waals surface area contributed by atoms with Crippen LogP contribution in [-0.4, -0.2) is 48.4 Å². The molecular weight excluding hydrogens is 332 g/mol. The van der Waals surface area contributed by atoms with Gasteiger partial charge in [-0.3, -0.25) is 9.69 Å². The molecule has 1 aliphatic heterocycles. The highest BCUT2D eigenvalue weighted by Gasteiger charge is 2.22. The number of hydrogen-bond acceptors (Lipinski definition) is 2. The SMILES string of the molecule is CC(C)(C)c1ccc(C(=O)N2CCN(CC=Cc3ccccc3)CC2)cc1. The van der Waals surface area contributed by atoms with Gasteiger partial charge in [-0.25, -0.2) is 0 Å². The number of piperazine rings is 1. The summed E-state index contributed by atoms with van der Waals surface area (Å²) >= 11 is 0. The van der Waals surface area contributed by atoms with Gasteiger partial charge in [0.15, 0.2) is 0 Å². The third-order valence-corrected chi connectivity index (χ3v) is 5.13. The number of carbonyl (C=O) groups is 1. The van der Waals surface area contributed by atoms with Crippen molar-refractivity contribution in [2.24, 2.45) is 0 Å². The van der Waals surface area contributed by atoms with Crippen molar-refractivity contribution in [3.05, 3.63) is 77.4 Å². The molecule has 2 aromatic rings. The van der Waals surface area contributed by atoms with Crippen LogP contribution in [-0.2, 0) is 5.41 Å². The summed E-state index contributed by atoms with van der Waals surface area (Å²) in [6.07, 6.45) is 4.37. The van der Waals surface area contributed by atoms with Crippen LogP contribution in [0.2, 0.25) is 0 Å². The first-order valence-corrected chi connectivity index (χ1v) is 9.77. The van der Waals surface area contributed by atoms with Crippen molar-refractivity contribution in [3.63, 3.8) is 0 Å². The molecule has 3 heteroatoms. The average molecular weight is 363 g/mol. The lowest BCUT2D eigenvalue weighted by Crippen LogP contribution is -2.48. The average Bonchev–Trinajstić information content (AvgIpc) is 2.68. The van der Waals surface area contributed by atoms with Crippen molar-refractivity contribution >= 4 is 12.0 Å². The van der Waals surface area contributed by atoms with Gasteiger partial charge in [-0.2, -0.15) is 0 Å². The van der Waals surface area contributed by atoms with Crippen molar-refractivity contribution in [1.29, 1.82) is 0 Å². The van der Waals surface area contributed by atoms with E-state index in [1.807, 2.05) is 23.1 Å². The lowest BCUT2D eigenvalue weighted by molar-refractivity contribution is 0.0650. The maximum atomic E-state index is 12.8. The molecular formula is C24H30N2O. The summed E-state index contributed by atoms with van der Waals surface area (Å²) in [5.74, 6) is 0.148. The molecule has 1 saturated heterocycles. The fourth-order valence-electron chi connectivity index (χ4n) is 3.33. The molecule has 0 unspecified atom stereocenters. The van der Waals surface area contributed by atoms with E-state index in [4.69, 9.17) is 0 Å². The Kier molecular flexibility index (Phi) is 6.12. The molecule has 0 aromatic heterocycles. The lowest BCUT2D eigenvalue weighted by Gasteiger charge is -2.34. The summed E-state index contributed by atoms with van der Waals surface area (Å²) in [5, 5.41) is 0. The Bertz CT molecular complexity index is 764. The molecule has 1 heterocycles. The van der Waals surface area contributed by atoms with E-state index in [2.05, 4.69) is 74.2 Å². The maximum Gasteiger partial charge on any atom is 0.253 e. The first-order valence-electron chi connectivity index (χ1n) is 9.77. The summed E-state index contributed by atoms with van der Waals surface area (Å²) in [6, 6.07) is 18.5. The topological polar surface area (TPSA) is 23.6 Å². The number of benzene rings is 2. The van der Waals surface area contributed by atoms with Crippen molar-refractivity contribution < 1.29 is 4.79 Å². The van der Waals surface area contributed by atoms with Gasteiger partial charge in [0.2, 0.25) is 0 Å². The second-order valence-corrected chi connectivity index (χ2v) is 8.23. The Labute approximate surface area is 163 Å². The van der Waals surface area contributed by atoms with E-state index in [0.717, 1.165) is 38.3 Å². The molecule has 3 nitrogen and oxygen atoms in total. The van der Waals surface area contributed by atoms with Gasteiger partial charge in [-0.15, -0.1) is 0 Å². The highest BCUT2D eigenvalue weighted by Crippen LogP contribution is 2.22. The fraction of sp³-hybridized carbons (Fsp3) is 0.375. The van der Waals surface area contributed by atoms with Crippen molar-refractivity contribution in [2.45, 2.75) is 26.2 Å². The largest absolute Gasteiger partial charge is 0.336 e. The molecule has 0 radical (unpaired) electrons. The zero-order valence-corrected chi connectivity index (χ0v) is 16.7. The van der Waals surface area contributed by atoms with E-state index < -0.39 is 0 Å². The molecule has 1 amide bonds. The molecule has 2 aromatic carbocycles. The van der Waals surface area contributed by atoms with Crippen LogP contribution >= 0.6 is 0 Å². The van der Waals surface area contributed by atoms with Crippen LogP contribution in [0.4, 0.5) is 0 Å². The van der Waals surface area contributed by atoms with Crippen molar-refractivity contribution in [2.75, 3.05) is 32.7 Å². The van der Waals surface area contributed by atoms with Crippen LogP contribution in [0, 0.1) is 0 Å². The van der Waals surface area contributed by atoms with E-state index in [1.54, 1.807) is 0 Å². The summed E-state index contributed by atoms with van der Waals surface area (Å²) in [4.78, 5) is 17.1. The number of rotatable bonds is 4. The minimum atomic E-state index is 0.112. The predicted octanol–water partition coefficient (Wildman–Crippen LogP) is 4.46. The van der Waals surface area contributed by atoms with Crippen LogP contribution in [0.25, 0.3) is 6.08 Å². The van der Waals surface area contributed by atoms with Gasteiger partial charge in [0, 0.05) is 38.3 Å². The Morgan fingerprint density at radius 2 is 1.56 bits per heavy atom. The number of carbonyl (C=O) groups excluding carboxylic acids is 1. The number of amides is 1. The fourth-order valence-corrected chi connectivity index (χ4v) is 3.33. The van der Waals surface area contributed by atoms with Crippen molar-refractivity contribution in [1.82, 2.24) is 9.80 Å². The summed E-state index contributed by atoms with van der Waals surface area (Å²) < 4.78 is 0. The maximum absolute atomic E-state index is 12.8. The molecule has 1 aliphatic rings. The Morgan fingerprint density at radius 1 is 0.926 bits per heavy atom. The second-order valence-electron chi connectivity index (χ2n) is 8.23. The van der Waals surface area contributed by atoms with Gasteiger partial charge in [-0.1, -0.05) is 75.4 Å². The van der Waals surface area contributed by atoms with Crippen LogP contribution in [0.5, 0.6) is 0 Å². The zero-order chi connectivity index (χ0) is 19.3. The van der Waals surface area contributed by atoms with Crippen LogP contribution in [0.3, 0.4) is 0 Å². The molecule has 0 bridgehead atoms. The normalized spacial score (nSPS) is 16.0. The highest BCUT2D eigenvalue weighted by molar-refractivity contribution is 5.94. The molecule has 0 saturated carbocycles. The molecule has 27 heavy (non-hydrogen) atoms. The smallest absolute Gasteiger partial charge is 0.253 e. The van der Waals surface area contributed by atoms with Crippen LogP contribution in [0.1, 0.15) is 42.3 Å². The van der Waals surface area contributed by atoms with Crippen LogP contribution < -0.4 is 0 Å². The highest BCUT2D eigenvalue weighted by atomic mass is 16.2. The zero-order valence-electron chi connectivity index (χ0n) is 16.7. The minimum Gasteiger partial charge on any atom is -0.336 e. The van der Waals surface area contributed by atoms with Gasteiger partial charge in [0.25, 0.3) is 5.91 Å². The molecule has 0 atom stereocenters. The van der Waals surface area contributed by atoms with Gasteiger partial charge in [-0.05, 0) is 28.7 Å². The quantitative estimate of drug-likeness (QED) is 0.802. The summed E-state index contributed by atoms with van der Waals surface area (Å²) in [7, 11) is 0. The first kappa shape index (κ1) is 19.4. The van der Waals surface area contributed by atoms with Gasteiger partial charge < -0.3 is 4.90 Å². The van der Waals surface area contributed by atoms with E-state index in [1.165, 1.54) is 11.1 Å². The van der Waals surface area contributed by atoms with Crippen molar-refractivity contribution in [3.8, 4) is 0 Å². The standard InChI is InChI=1S/C24H30N2O/c1-24(2,3)22-13-11-21(12-14-22)23(27)26-18-16-25(17-19-26)15-7-10-20-8-5-4-6-9-20/h4-14H,15-19H2,1-3H3. The summed E-state index contributed by atoms with van der Waals surface area (Å²) in [6.45, 7) is 10.9. The molecule has 0 spiro atoms. The predicted molar refractivity (Wildman–Crippen MR) is 113 cm³/mol. The van der Waals surface area contributed by atoms with E-state index >= 15 is 0 Å². The first-order chi connectivity index (χ1) is 12.9. The molecule has 0 N–H and O–H groups in total. The third-order valence-electron chi connectivity index (χ3n) is 5.13. The van der Waals surface area contributed by atoms with E-state index in [9.17, 15) is 4.79 Å². The second kappa shape index (κ2) is 8.53. The van der Waals surface area contributed by atoms with Gasteiger partial charge in [0.1, 0.15) is 0 Å². The Morgan fingerprint density at radius 3 is 2.15 bits per heavy atom. The van der Waals surface area contributed by atoms with Gasteiger partial charge in [0.05, 0.1) is 0 Å². The third kappa shape index (κ3) is 5.30. The molecule has 3 rings (SSSR count). The molecule has 0 aliphatic carbocycles. The van der Waals surface area contributed by atoms with Crippen LogP contribution in [0.15, 0.2) is 60.7 Å². The number of nitrogens with zero attached hydrogens (tertiary/aromatic N) is 2. The summed E-state index contributed by atoms with van der Waals surface area (Å²) in [5.41, 5.74) is 3.39. The monoisotopic (exact) mass is 362 g/mol. The van der Waals surface area contributed by atoms with Gasteiger partial charge >= 0.3 is 0 Å². The molecule has 142 valence electrons. The Hall–Kier alpha value is -2.39. The minimum absolute atomic E-state index is 0.112. The number of hydrogen-bond donors (Lipinski definition) is 0.